The van der Waals surface area contributed by atoms with Gasteiger partial charge in [0.2, 0.25) is 0 Å². The average Bonchev–Trinajstić information content (AvgIpc) is 2.94. The summed E-state index contributed by atoms with van der Waals surface area (Å²) in [6.07, 6.45) is -1.88. The maximum Gasteiger partial charge on any atom is 0.330 e. The number of aryl methyl sites for hydroxylation is 1. The molecule has 0 bridgehead atoms. The molecule has 25 heavy (non-hydrogen) atoms. The fourth-order valence-corrected chi connectivity index (χ4v) is 3.45. The summed E-state index contributed by atoms with van der Waals surface area (Å²) in [6, 6.07) is 5.39. The highest BCUT2D eigenvalue weighted by Crippen LogP contribution is 2.20. The van der Waals surface area contributed by atoms with Crippen molar-refractivity contribution < 1.29 is 32.0 Å². The van der Waals surface area contributed by atoms with Crippen LogP contribution in [-0.2, 0) is 28.6 Å². The molecule has 9 heteroatoms. The smallest absolute Gasteiger partial charge is 0.330 e. The zero-order chi connectivity index (χ0) is 18.6. The molecule has 2 N–H and O–H groups in total. The minimum absolute atomic E-state index is 0.0382. The number of benzene rings is 1. The van der Waals surface area contributed by atoms with Crippen LogP contribution in [0.15, 0.2) is 29.2 Å². The zero-order valence-corrected chi connectivity index (χ0v) is 14.8. The van der Waals surface area contributed by atoms with Gasteiger partial charge in [-0.1, -0.05) is 17.7 Å². The normalized spacial score (nSPS) is 21.7. The summed E-state index contributed by atoms with van der Waals surface area (Å²) in [7, 11) is -3.94. The number of hydrogen-bond donors (Lipinski definition) is 2. The molecule has 0 radical (unpaired) electrons. The molecule has 1 heterocycles. The van der Waals surface area contributed by atoms with Crippen LogP contribution >= 0.6 is 0 Å². The van der Waals surface area contributed by atoms with Crippen molar-refractivity contribution >= 4 is 22.1 Å². The maximum absolute atomic E-state index is 12.2. The molecule has 1 saturated heterocycles. The van der Waals surface area contributed by atoms with E-state index in [0.717, 1.165) is 5.56 Å². The van der Waals surface area contributed by atoms with Crippen molar-refractivity contribution in [1.82, 2.24) is 5.32 Å². The van der Waals surface area contributed by atoms with Crippen LogP contribution in [-0.4, -0.2) is 50.3 Å². The van der Waals surface area contributed by atoms with Crippen molar-refractivity contribution in [2.75, 3.05) is 6.54 Å². The van der Waals surface area contributed by atoms with Crippen molar-refractivity contribution in [2.24, 2.45) is 0 Å². The van der Waals surface area contributed by atoms with E-state index >= 15 is 0 Å². The Kier molecular flexibility index (Phi) is 6.28. The van der Waals surface area contributed by atoms with Crippen LogP contribution in [0.25, 0.3) is 0 Å². The van der Waals surface area contributed by atoms with Crippen LogP contribution in [0.5, 0.6) is 0 Å². The third kappa shape index (κ3) is 5.60. The van der Waals surface area contributed by atoms with E-state index in [1.54, 1.807) is 12.1 Å². The van der Waals surface area contributed by atoms with Crippen molar-refractivity contribution in [3.63, 3.8) is 0 Å². The summed E-state index contributed by atoms with van der Waals surface area (Å²) in [6.45, 7) is 3.38. The lowest BCUT2D eigenvalue weighted by atomic mass is 10.2. The van der Waals surface area contributed by atoms with Crippen LogP contribution in [0.1, 0.15) is 25.3 Å². The lowest BCUT2D eigenvalue weighted by Crippen LogP contribution is -2.34. The predicted octanol–water partition coefficient (Wildman–Crippen LogP) is 0.272. The molecule has 3 atom stereocenters. The number of carbonyl (C=O) groups excluding carboxylic acids is 2. The first-order valence-corrected chi connectivity index (χ1v) is 9.24. The highest BCUT2D eigenvalue weighted by Gasteiger charge is 2.35. The highest BCUT2D eigenvalue weighted by atomic mass is 32.2. The molecule has 1 fully saturated rings. The van der Waals surface area contributed by atoms with Gasteiger partial charge in [-0.25, -0.2) is 4.79 Å². The minimum atomic E-state index is -3.94. The Labute approximate surface area is 146 Å². The van der Waals surface area contributed by atoms with Gasteiger partial charge in [0, 0.05) is 13.0 Å². The van der Waals surface area contributed by atoms with Gasteiger partial charge in [-0.15, -0.1) is 0 Å². The van der Waals surface area contributed by atoms with Crippen LogP contribution in [0.3, 0.4) is 0 Å². The van der Waals surface area contributed by atoms with Gasteiger partial charge in [0.25, 0.3) is 10.1 Å². The number of hydrogen-bond acceptors (Lipinski definition) is 8. The van der Waals surface area contributed by atoms with E-state index < -0.39 is 40.3 Å². The van der Waals surface area contributed by atoms with E-state index in [1.807, 2.05) is 6.92 Å². The molecule has 138 valence electrons. The third-order valence-electron chi connectivity index (χ3n) is 3.62. The highest BCUT2D eigenvalue weighted by molar-refractivity contribution is 7.86. The summed E-state index contributed by atoms with van der Waals surface area (Å²) in [5.74, 6) is -1.65. The molecule has 0 aromatic heterocycles. The molecule has 0 spiro atoms. The van der Waals surface area contributed by atoms with Crippen LogP contribution in [0.4, 0.5) is 0 Å². The molecule has 0 saturated carbocycles. The number of aliphatic hydroxyl groups excluding tert-OH is 1. The average molecular weight is 371 g/mol. The van der Waals surface area contributed by atoms with Crippen molar-refractivity contribution in [3.8, 4) is 0 Å². The Morgan fingerprint density at radius 1 is 1.32 bits per heavy atom. The Balaban J connectivity index is 1.91. The third-order valence-corrected chi connectivity index (χ3v) is 5.00. The number of carbonyl (C=O) groups is 2. The first-order valence-electron chi connectivity index (χ1n) is 7.83. The first-order chi connectivity index (χ1) is 11.7. The van der Waals surface area contributed by atoms with Gasteiger partial charge in [-0.3, -0.25) is 8.98 Å². The number of rotatable bonds is 6. The molecule has 0 aliphatic carbocycles. The Morgan fingerprint density at radius 3 is 2.56 bits per heavy atom. The minimum Gasteiger partial charge on any atom is -0.393 e. The Hall–Kier alpha value is -1.81. The summed E-state index contributed by atoms with van der Waals surface area (Å²) in [4.78, 5) is 23.3. The van der Waals surface area contributed by atoms with Gasteiger partial charge >= 0.3 is 11.9 Å². The Bertz CT molecular complexity index is 727. The van der Waals surface area contributed by atoms with E-state index in [-0.39, 0.29) is 24.3 Å². The molecule has 2 rings (SSSR count). The van der Waals surface area contributed by atoms with Gasteiger partial charge < -0.3 is 15.2 Å². The van der Waals surface area contributed by atoms with Gasteiger partial charge in [-0.2, -0.15) is 8.42 Å². The van der Waals surface area contributed by atoms with Gasteiger partial charge in [0.15, 0.2) is 0 Å². The number of esters is 2. The zero-order valence-electron chi connectivity index (χ0n) is 14.0. The van der Waals surface area contributed by atoms with Crippen LogP contribution in [0, 0.1) is 6.92 Å². The van der Waals surface area contributed by atoms with Gasteiger partial charge in [0.05, 0.1) is 23.5 Å². The molecule has 1 aliphatic heterocycles. The van der Waals surface area contributed by atoms with E-state index in [4.69, 9.17) is 9.29 Å². The van der Waals surface area contributed by atoms with E-state index in [1.165, 1.54) is 19.1 Å². The second kappa shape index (κ2) is 8.05. The fraction of sp³-hybridized carbons (Fsp3) is 0.500. The quantitative estimate of drug-likeness (QED) is 0.416. The second-order valence-corrected chi connectivity index (χ2v) is 7.60. The fourth-order valence-electron chi connectivity index (χ4n) is 2.36. The van der Waals surface area contributed by atoms with Gasteiger partial charge in [-0.05, 0) is 26.0 Å². The van der Waals surface area contributed by atoms with Crippen LogP contribution in [0.2, 0.25) is 0 Å². The largest absolute Gasteiger partial charge is 0.393 e. The standard InChI is InChI=1S/C16H21NO7S/c1-10-3-5-13(6-4-10)25(21,22)24-12-8-14(17-9-12)16(20)23-15(19)7-11(2)18/h3-6,11-12,14,17-18H,7-9H2,1-2H3/t11?,12?,14-/m0/s1. The molecule has 0 amide bonds. The van der Waals surface area contributed by atoms with E-state index in [9.17, 15) is 18.0 Å². The predicted molar refractivity (Wildman–Crippen MR) is 87.0 cm³/mol. The second-order valence-electron chi connectivity index (χ2n) is 6.03. The van der Waals surface area contributed by atoms with Crippen molar-refractivity contribution in [3.05, 3.63) is 29.8 Å². The molecule has 1 aromatic rings. The number of nitrogens with one attached hydrogen (secondary N) is 1. The molecule has 1 aromatic carbocycles. The lowest BCUT2D eigenvalue weighted by Gasteiger charge is -2.12. The number of ether oxygens (including phenoxy) is 1. The Morgan fingerprint density at radius 2 is 1.96 bits per heavy atom. The van der Waals surface area contributed by atoms with Gasteiger partial charge in [0.1, 0.15) is 6.04 Å². The SMILES string of the molecule is Cc1ccc(S(=O)(=O)OC2CN[C@H](C(=O)OC(=O)CC(C)O)C2)cc1. The number of aliphatic hydroxyl groups is 1. The summed E-state index contributed by atoms with van der Waals surface area (Å²) in [5, 5.41) is 11.9. The summed E-state index contributed by atoms with van der Waals surface area (Å²) < 4.78 is 34.2. The molecular formula is C16H21NO7S. The topological polar surface area (TPSA) is 119 Å². The van der Waals surface area contributed by atoms with Crippen molar-refractivity contribution in [2.45, 2.75) is 49.8 Å². The first kappa shape index (κ1) is 19.5. The lowest BCUT2D eigenvalue weighted by molar-refractivity contribution is -0.162. The molecule has 1 aliphatic rings. The summed E-state index contributed by atoms with van der Waals surface area (Å²) >= 11 is 0. The molecular weight excluding hydrogens is 350 g/mol. The van der Waals surface area contributed by atoms with Crippen LogP contribution < -0.4 is 5.32 Å². The molecule has 2 unspecified atom stereocenters. The molecule has 8 nitrogen and oxygen atoms in total. The van der Waals surface area contributed by atoms with E-state index in [2.05, 4.69) is 10.1 Å². The van der Waals surface area contributed by atoms with Crippen molar-refractivity contribution in [1.29, 1.82) is 0 Å². The monoisotopic (exact) mass is 371 g/mol. The van der Waals surface area contributed by atoms with E-state index in [0.29, 0.717) is 0 Å². The summed E-state index contributed by atoms with van der Waals surface area (Å²) in [5.41, 5.74) is 0.922. The maximum atomic E-state index is 12.2.